The first-order valence-electron chi connectivity index (χ1n) is 7.46. The fourth-order valence-corrected chi connectivity index (χ4v) is 3.64. The van der Waals surface area contributed by atoms with E-state index >= 15 is 0 Å². The van der Waals surface area contributed by atoms with Crippen LogP contribution in [0.25, 0.3) is 0 Å². The van der Waals surface area contributed by atoms with Crippen molar-refractivity contribution in [3.63, 3.8) is 0 Å². The summed E-state index contributed by atoms with van der Waals surface area (Å²) in [4.78, 5) is 2.73. The van der Waals surface area contributed by atoms with Crippen LogP contribution in [0.4, 0.5) is 0 Å². The van der Waals surface area contributed by atoms with Crippen LogP contribution in [0.3, 0.4) is 0 Å². The van der Waals surface area contributed by atoms with E-state index < -0.39 is 0 Å². The van der Waals surface area contributed by atoms with E-state index in [0.717, 1.165) is 12.5 Å². The smallest absolute Gasteiger partial charge is 0.0332 e. The number of hydrogen-bond acceptors (Lipinski definition) is 2. The second-order valence-corrected chi connectivity index (χ2v) is 7.10. The molecule has 0 bridgehead atoms. The quantitative estimate of drug-likeness (QED) is 0.819. The van der Waals surface area contributed by atoms with Gasteiger partial charge in [0, 0.05) is 18.6 Å². The second-order valence-electron chi connectivity index (χ2n) is 7.10. The maximum atomic E-state index is 6.15. The Morgan fingerprint density at radius 1 is 1.18 bits per heavy atom. The monoisotopic (exact) mass is 238 g/mol. The van der Waals surface area contributed by atoms with Gasteiger partial charge in [0.25, 0.3) is 0 Å². The van der Waals surface area contributed by atoms with Gasteiger partial charge in [0.15, 0.2) is 0 Å². The third kappa shape index (κ3) is 2.68. The minimum atomic E-state index is 0.347. The minimum absolute atomic E-state index is 0.347. The summed E-state index contributed by atoms with van der Waals surface area (Å²) in [6, 6.07) is 0. The van der Waals surface area contributed by atoms with Crippen LogP contribution in [0.15, 0.2) is 0 Å². The molecule has 0 amide bonds. The van der Waals surface area contributed by atoms with Gasteiger partial charge in [0.2, 0.25) is 0 Å². The first kappa shape index (κ1) is 13.4. The van der Waals surface area contributed by atoms with Crippen LogP contribution in [-0.4, -0.2) is 30.1 Å². The van der Waals surface area contributed by atoms with Crippen LogP contribution in [0, 0.1) is 11.3 Å². The molecule has 2 heteroatoms. The molecule has 1 unspecified atom stereocenters. The van der Waals surface area contributed by atoms with E-state index in [-0.39, 0.29) is 0 Å². The molecular weight excluding hydrogens is 208 g/mol. The van der Waals surface area contributed by atoms with Gasteiger partial charge >= 0.3 is 0 Å². The number of hydrogen-bond donors (Lipinski definition) is 1. The van der Waals surface area contributed by atoms with Gasteiger partial charge in [0.05, 0.1) is 0 Å². The molecule has 100 valence electrons. The topological polar surface area (TPSA) is 29.3 Å². The van der Waals surface area contributed by atoms with Crippen molar-refractivity contribution in [1.82, 2.24) is 4.90 Å². The highest BCUT2D eigenvalue weighted by Crippen LogP contribution is 2.44. The van der Waals surface area contributed by atoms with E-state index in [1.54, 1.807) is 0 Å². The molecule has 0 aromatic heterocycles. The lowest BCUT2D eigenvalue weighted by atomic mass is 9.68. The van der Waals surface area contributed by atoms with E-state index in [4.69, 9.17) is 5.73 Å². The molecule has 0 aromatic rings. The largest absolute Gasteiger partial charge is 0.329 e. The molecule has 1 saturated carbocycles. The Kier molecular flexibility index (Phi) is 3.84. The molecule has 2 aliphatic rings. The summed E-state index contributed by atoms with van der Waals surface area (Å²) in [5, 5.41) is 0. The summed E-state index contributed by atoms with van der Waals surface area (Å²) >= 11 is 0. The van der Waals surface area contributed by atoms with E-state index in [1.807, 2.05) is 0 Å². The molecule has 1 heterocycles. The molecule has 1 saturated heterocycles. The maximum absolute atomic E-state index is 6.15. The van der Waals surface area contributed by atoms with Crippen molar-refractivity contribution in [1.29, 1.82) is 0 Å². The van der Waals surface area contributed by atoms with Gasteiger partial charge in [-0.25, -0.2) is 0 Å². The number of nitrogens with zero attached hydrogens (tertiary/aromatic N) is 1. The zero-order valence-electron chi connectivity index (χ0n) is 12.0. The predicted octanol–water partition coefficient (Wildman–Crippen LogP) is 3.02. The van der Waals surface area contributed by atoms with E-state index in [9.17, 15) is 0 Å². The third-order valence-corrected chi connectivity index (χ3v) is 5.45. The van der Waals surface area contributed by atoms with Crippen LogP contribution >= 0.6 is 0 Å². The molecule has 1 aliphatic heterocycles. The normalized spacial score (nSPS) is 32.8. The molecule has 2 rings (SSSR count). The van der Waals surface area contributed by atoms with Crippen molar-refractivity contribution in [2.24, 2.45) is 17.1 Å². The van der Waals surface area contributed by atoms with E-state index in [0.29, 0.717) is 11.0 Å². The minimum Gasteiger partial charge on any atom is -0.329 e. The molecule has 17 heavy (non-hydrogen) atoms. The Bertz CT molecular complexity index is 250. The van der Waals surface area contributed by atoms with Crippen molar-refractivity contribution in [3.8, 4) is 0 Å². The molecule has 1 atom stereocenters. The van der Waals surface area contributed by atoms with Crippen LogP contribution in [-0.2, 0) is 0 Å². The van der Waals surface area contributed by atoms with E-state index in [2.05, 4.69) is 25.7 Å². The van der Waals surface area contributed by atoms with E-state index in [1.165, 1.54) is 51.6 Å². The molecule has 2 nitrogen and oxygen atoms in total. The van der Waals surface area contributed by atoms with Gasteiger partial charge in [-0.2, -0.15) is 0 Å². The number of rotatable bonds is 3. The Morgan fingerprint density at radius 3 is 2.29 bits per heavy atom. The fourth-order valence-electron chi connectivity index (χ4n) is 3.64. The maximum Gasteiger partial charge on any atom is 0.0332 e. The van der Waals surface area contributed by atoms with Crippen LogP contribution in [0.1, 0.15) is 59.3 Å². The zero-order chi connectivity index (χ0) is 12.5. The molecule has 0 radical (unpaired) electrons. The van der Waals surface area contributed by atoms with Gasteiger partial charge in [-0.15, -0.1) is 0 Å². The molecule has 0 spiro atoms. The molecule has 1 aliphatic carbocycles. The highest BCUT2D eigenvalue weighted by Gasteiger charge is 2.43. The zero-order valence-corrected chi connectivity index (χ0v) is 12.0. The fraction of sp³-hybridized carbons (Fsp3) is 1.00. The van der Waals surface area contributed by atoms with Crippen LogP contribution in [0.5, 0.6) is 0 Å². The summed E-state index contributed by atoms with van der Waals surface area (Å²) in [5.41, 5.74) is 7.04. The average molecular weight is 238 g/mol. The number of nitrogens with two attached hydrogens (primary N) is 1. The standard InChI is InChI=1S/C15H30N2/c1-4-13-5-10-17(11-13)15(12-16)8-6-14(2,3)7-9-15/h13H,4-12,16H2,1-3H3. The molecule has 2 N–H and O–H groups in total. The highest BCUT2D eigenvalue weighted by atomic mass is 15.2. The van der Waals surface area contributed by atoms with Crippen molar-refractivity contribution < 1.29 is 0 Å². The Hall–Kier alpha value is -0.0800. The van der Waals surface area contributed by atoms with Crippen molar-refractivity contribution in [3.05, 3.63) is 0 Å². The Morgan fingerprint density at radius 2 is 1.82 bits per heavy atom. The van der Waals surface area contributed by atoms with Crippen molar-refractivity contribution in [2.45, 2.75) is 64.8 Å². The van der Waals surface area contributed by atoms with Crippen LogP contribution in [0.2, 0.25) is 0 Å². The van der Waals surface area contributed by atoms with Gasteiger partial charge in [-0.05, 0) is 50.0 Å². The van der Waals surface area contributed by atoms with Crippen molar-refractivity contribution >= 4 is 0 Å². The van der Waals surface area contributed by atoms with Gasteiger partial charge < -0.3 is 5.73 Å². The van der Waals surface area contributed by atoms with Gasteiger partial charge in [0.1, 0.15) is 0 Å². The molecule has 2 fully saturated rings. The summed E-state index contributed by atoms with van der Waals surface area (Å²) in [6.07, 6.45) is 8.04. The molecular formula is C15H30N2. The average Bonchev–Trinajstić information content (AvgIpc) is 2.79. The third-order valence-electron chi connectivity index (χ3n) is 5.45. The highest BCUT2D eigenvalue weighted by molar-refractivity contribution is 5.00. The van der Waals surface area contributed by atoms with Crippen LogP contribution < -0.4 is 5.73 Å². The predicted molar refractivity (Wildman–Crippen MR) is 74.0 cm³/mol. The lowest BCUT2D eigenvalue weighted by Crippen LogP contribution is -2.55. The SMILES string of the molecule is CCC1CCN(C2(CN)CCC(C)(C)CC2)C1. The first-order valence-corrected chi connectivity index (χ1v) is 7.46. The summed E-state index contributed by atoms with van der Waals surface area (Å²) in [7, 11) is 0. The first-order chi connectivity index (χ1) is 8.01. The lowest BCUT2D eigenvalue weighted by Gasteiger charge is -2.48. The summed E-state index contributed by atoms with van der Waals surface area (Å²) < 4.78 is 0. The molecule has 0 aromatic carbocycles. The Balaban J connectivity index is 2.01. The van der Waals surface area contributed by atoms with Gasteiger partial charge in [-0.3, -0.25) is 4.90 Å². The number of likely N-dealkylation sites (tertiary alicyclic amines) is 1. The summed E-state index contributed by atoms with van der Waals surface area (Å²) in [5.74, 6) is 0.924. The Labute approximate surface area is 107 Å². The van der Waals surface area contributed by atoms with Gasteiger partial charge in [-0.1, -0.05) is 27.2 Å². The second kappa shape index (κ2) is 4.89. The lowest BCUT2D eigenvalue weighted by molar-refractivity contribution is 0.0373. The van der Waals surface area contributed by atoms with Crippen molar-refractivity contribution in [2.75, 3.05) is 19.6 Å². The summed E-state index contributed by atoms with van der Waals surface area (Å²) in [6.45, 7) is 10.6.